The molecular weight excluding hydrogens is 182 g/mol. The van der Waals surface area contributed by atoms with Crippen LogP contribution >= 0.6 is 0 Å². The fourth-order valence-electron chi connectivity index (χ4n) is 2.27. The van der Waals surface area contributed by atoms with Gasteiger partial charge in [0.15, 0.2) is 0 Å². The fraction of sp³-hybridized carbons (Fsp3) is 0.571. The van der Waals surface area contributed by atoms with Crippen molar-refractivity contribution in [2.75, 3.05) is 7.05 Å². The number of aryl methyl sites for hydroxylation is 2. The van der Waals surface area contributed by atoms with Gasteiger partial charge in [0.1, 0.15) is 0 Å². The van der Waals surface area contributed by atoms with Crippen LogP contribution in [0.2, 0.25) is 0 Å². The molecule has 1 rings (SSSR count). The molecule has 0 amide bonds. The molecule has 1 heteroatoms. The zero-order valence-electron chi connectivity index (χ0n) is 10.6. The summed E-state index contributed by atoms with van der Waals surface area (Å²) < 4.78 is 0. The highest BCUT2D eigenvalue weighted by Crippen LogP contribution is 2.25. The van der Waals surface area contributed by atoms with Crippen molar-refractivity contribution in [3.8, 4) is 0 Å². The zero-order valence-corrected chi connectivity index (χ0v) is 10.6. The second-order valence-electron chi connectivity index (χ2n) is 4.45. The molecule has 0 saturated carbocycles. The van der Waals surface area contributed by atoms with Crippen LogP contribution in [0, 0.1) is 13.8 Å². The third-order valence-corrected chi connectivity index (χ3v) is 3.34. The van der Waals surface area contributed by atoms with E-state index in [1.807, 2.05) is 0 Å². The molecular formula is C14H23N. The van der Waals surface area contributed by atoms with Crippen molar-refractivity contribution in [3.05, 3.63) is 34.9 Å². The van der Waals surface area contributed by atoms with Gasteiger partial charge in [-0.05, 0) is 44.4 Å². The molecule has 84 valence electrons. The SMILES string of the molecule is CCC(NC)C(C)c1cc(C)ccc1C. The van der Waals surface area contributed by atoms with Crippen LogP contribution in [0.25, 0.3) is 0 Å². The highest BCUT2D eigenvalue weighted by Gasteiger charge is 2.16. The van der Waals surface area contributed by atoms with E-state index < -0.39 is 0 Å². The third kappa shape index (κ3) is 2.82. The molecule has 0 spiro atoms. The van der Waals surface area contributed by atoms with Gasteiger partial charge in [0.05, 0.1) is 0 Å². The molecule has 2 unspecified atom stereocenters. The number of nitrogens with one attached hydrogen (secondary N) is 1. The van der Waals surface area contributed by atoms with Gasteiger partial charge in [-0.2, -0.15) is 0 Å². The number of hydrogen-bond acceptors (Lipinski definition) is 1. The molecule has 1 aromatic rings. The van der Waals surface area contributed by atoms with E-state index in [4.69, 9.17) is 0 Å². The molecule has 15 heavy (non-hydrogen) atoms. The Bertz CT molecular complexity index is 313. The molecule has 0 aromatic heterocycles. The molecule has 2 atom stereocenters. The van der Waals surface area contributed by atoms with Crippen LogP contribution in [0.15, 0.2) is 18.2 Å². The van der Waals surface area contributed by atoms with Crippen LogP contribution in [0.5, 0.6) is 0 Å². The van der Waals surface area contributed by atoms with E-state index in [1.54, 1.807) is 0 Å². The highest BCUT2D eigenvalue weighted by atomic mass is 14.9. The van der Waals surface area contributed by atoms with Gasteiger partial charge in [-0.25, -0.2) is 0 Å². The van der Waals surface area contributed by atoms with Gasteiger partial charge >= 0.3 is 0 Å². The monoisotopic (exact) mass is 205 g/mol. The van der Waals surface area contributed by atoms with Gasteiger partial charge in [0.25, 0.3) is 0 Å². The van der Waals surface area contributed by atoms with Crippen LogP contribution in [0.4, 0.5) is 0 Å². The van der Waals surface area contributed by atoms with Gasteiger partial charge in [0.2, 0.25) is 0 Å². The average molecular weight is 205 g/mol. The van der Waals surface area contributed by atoms with Gasteiger partial charge < -0.3 is 5.32 Å². The van der Waals surface area contributed by atoms with Gasteiger partial charge in [-0.3, -0.25) is 0 Å². The minimum atomic E-state index is 0.575. The molecule has 0 saturated heterocycles. The first-order chi connectivity index (χ1) is 7.10. The summed E-state index contributed by atoms with van der Waals surface area (Å²) in [5.74, 6) is 0.583. The standard InChI is InChI=1S/C14H23N/c1-6-14(15-5)12(4)13-9-10(2)7-8-11(13)3/h7-9,12,14-15H,6H2,1-5H3. The van der Waals surface area contributed by atoms with Crippen molar-refractivity contribution < 1.29 is 0 Å². The molecule has 0 fully saturated rings. The van der Waals surface area contributed by atoms with Crippen LogP contribution in [-0.2, 0) is 0 Å². The molecule has 1 aromatic carbocycles. The first-order valence-electron chi connectivity index (χ1n) is 5.84. The molecule has 0 heterocycles. The highest BCUT2D eigenvalue weighted by molar-refractivity contribution is 5.33. The van der Waals surface area contributed by atoms with Crippen molar-refractivity contribution in [3.63, 3.8) is 0 Å². The summed E-state index contributed by atoms with van der Waals surface area (Å²) in [5, 5.41) is 3.40. The second kappa shape index (κ2) is 5.32. The Labute approximate surface area is 93.9 Å². The number of likely N-dealkylation sites (N-methyl/N-ethyl adjacent to an activating group) is 1. The summed E-state index contributed by atoms with van der Waals surface area (Å²) in [5.41, 5.74) is 4.24. The molecule has 1 N–H and O–H groups in total. The zero-order chi connectivity index (χ0) is 11.4. The van der Waals surface area contributed by atoms with Crippen LogP contribution in [0.1, 0.15) is 42.9 Å². The first kappa shape index (κ1) is 12.3. The Morgan fingerprint density at radius 3 is 2.47 bits per heavy atom. The van der Waals surface area contributed by atoms with Crippen molar-refractivity contribution >= 4 is 0 Å². The summed E-state index contributed by atoms with van der Waals surface area (Å²) in [6.07, 6.45) is 1.17. The van der Waals surface area contributed by atoms with Gasteiger partial charge in [0, 0.05) is 6.04 Å². The van der Waals surface area contributed by atoms with Crippen molar-refractivity contribution in [2.45, 2.75) is 46.1 Å². The molecule has 0 radical (unpaired) electrons. The van der Waals surface area contributed by atoms with E-state index in [0.29, 0.717) is 12.0 Å². The lowest BCUT2D eigenvalue weighted by molar-refractivity contribution is 0.471. The predicted octanol–water partition coefficient (Wildman–Crippen LogP) is 3.40. The lowest BCUT2D eigenvalue weighted by Gasteiger charge is -2.24. The maximum atomic E-state index is 3.40. The summed E-state index contributed by atoms with van der Waals surface area (Å²) in [7, 11) is 2.05. The van der Waals surface area contributed by atoms with Gasteiger partial charge in [-0.15, -0.1) is 0 Å². The smallest absolute Gasteiger partial charge is 0.0128 e. The second-order valence-corrected chi connectivity index (χ2v) is 4.45. The Morgan fingerprint density at radius 1 is 1.27 bits per heavy atom. The lowest BCUT2D eigenvalue weighted by atomic mass is 9.88. The number of hydrogen-bond donors (Lipinski definition) is 1. The average Bonchev–Trinajstić information content (AvgIpc) is 2.23. The quantitative estimate of drug-likeness (QED) is 0.794. The first-order valence-corrected chi connectivity index (χ1v) is 5.84. The Balaban J connectivity index is 2.98. The number of rotatable bonds is 4. The van der Waals surface area contributed by atoms with Crippen LogP contribution in [-0.4, -0.2) is 13.1 Å². The topological polar surface area (TPSA) is 12.0 Å². The van der Waals surface area contributed by atoms with Crippen molar-refractivity contribution in [1.29, 1.82) is 0 Å². The Hall–Kier alpha value is -0.820. The van der Waals surface area contributed by atoms with Crippen LogP contribution in [0.3, 0.4) is 0 Å². The van der Waals surface area contributed by atoms with Crippen molar-refractivity contribution in [2.24, 2.45) is 0 Å². The van der Waals surface area contributed by atoms with E-state index in [2.05, 4.69) is 58.3 Å². The van der Waals surface area contributed by atoms with E-state index in [1.165, 1.54) is 23.1 Å². The lowest BCUT2D eigenvalue weighted by Crippen LogP contribution is -2.30. The maximum absolute atomic E-state index is 3.40. The molecule has 0 aliphatic heterocycles. The third-order valence-electron chi connectivity index (χ3n) is 3.34. The van der Waals surface area contributed by atoms with Crippen molar-refractivity contribution in [1.82, 2.24) is 5.32 Å². The fourth-order valence-corrected chi connectivity index (χ4v) is 2.27. The maximum Gasteiger partial charge on any atom is 0.0128 e. The Morgan fingerprint density at radius 2 is 1.93 bits per heavy atom. The number of benzene rings is 1. The minimum Gasteiger partial charge on any atom is -0.316 e. The predicted molar refractivity (Wildman–Crippen MR) is 67.5 cm³/mol. The largest absolute Gasteiger partial charge is 0.316 e. The van der Waals surface area contributed by atoms with E-state index >= 15 is 0 Å². The van der Waals surface area contributed by atoms with E-state index in [0.717, 1.165) is 0 Å². The molecule has 0 aliphatic carbocycles. The summed E-state index contributed by atoms with van der Waals surface area (Å²) in [4.78, 5) is 0. The van der Waals surface area contributed by atoms with Gasteiger partial charge in [-0.1, -0.05) is 37.6 Å². The summed E-state index contributed by atoms with van der Waals surface area (Å²) in [6.45, 7) is 8.92. The van der Waals surface area contributed by atoms with E-state index in [9.17, 15) is 0 Å². The summed E-state index contributed by atoms with van der Waals surface area (Å²) >= 11 is 0. The summed E-state index contributed by atoms with van der Waals surface area (Å²) in [6, 6.07) is 7.31. The molecule has 1 nitrogen and oxygen atoms in total. The normalized spacial score (nSPS) is 15.0. The molecule has 0 aliphatic rings. The molecule has 0 bridgehead atoms. The van der Waals surface area contributed by atoms with E-state index in [-0.39, 0.29) is 0 Å². The minimum absolute atomic E-state index is 0.575. The van der Waals surface area contributed by atoms with Crippen LogP contribution < -0.4 is 5.32 Å². The Kier molecular flexibility index (Phi) is 4.34.